The summed E-state index contributed by atoms with van der Waals surface area (Å²) in [6.45, 7) is 0. The van der Waals surface area contributed by atoms with Crippen molar-refractivity contribution in [3.63, 3.8) is 0 Å². The van der Waals surface area contributed by atoms with Crippen LogP contribution in [0, 0.1) is 0 Å². The standard InChI is InChI=1S/C12H3Cl5F3NO/c13-7-6(8(14)10(16)11(17)9(7)15)4-1-5(22)3(2-21-4)12(18,19)20/h1-2H,(H,21,22). The first-order valence-electron chi connectivity index (χ1n) is 5.37. The molecule has 0 fully saturated rings. The summed E-state index contributed by atoms with van der Waals surface area (Å²) in [5, 5.41) is -0.647. The first-order chi connectivity index (χ1) is 10.1. The van der Waals surface area contributed by atoms with Gasteiger partial charge in [0, 0.05) is 17.8 Å². The summed E-state index contributed by atoms with van der Waals surface area (Å²) in [5.74, 6) is 0. The third-order valence-corrected chi connectivity index (χ3v) is 4.97. The first kappa shape index (κ1) is 17.8. The van der Waals surface area contributed by atoms with E-state index in [1.165, 1.54) is 0 Å². The van der Waals surface area contributed by atoms with Crippen LogP contribution in [0.2, 0.25) is 25.1 Å². The van der Waals surface area contributed by atoms with E-state index in [0.717, 1.165) is 0 Å². The molecule has 1 N–H and O–H groups in total. The number of halogens is 8. The molecule has 0 bridgehead atoms. The highest BCUT2D eigenvalue weighted by molar-refractivity contribution is 6.56. The molecule has 0 aliphatic carbocycles. The van der Waals surface area contributed by atoms with Crippen LogP contribution < -0.4 is 5.43 Å². The van der Waals surface area contributed by atoms with Crippen molar-refractivity contribution in [2.75, 3.05) is 0 Å². The minimum atomic E-state index is -4.78. The van der Waals surface area contributed by atoms with Gasteiger partial charge in [-0.05, 0) is 0 Å². The zero-order valence-electron chi connectivity index (χ0n) is 10.1. The Morgan fingerprint density at radius 1 is 0.864 bits per heavy atom. The van der Waals surface area contributed by atoms with Gasteiger partial charge >= 0.3 is 6.18 Å². The van der Waals surface area contributed by atoms with Crippen molar-refractivity contribution in [1.82, 2.24) is 4.98 Å². The summed E-state index contributed by atoms with van der Waals surface area (Å²) in [6.07, 6.45) is -4.27. The summed E-state index contributed by atoms with van der Waals surface area (Å²) in [7, 11) is 0. The largest absolute Gasteiger partial charge is 0.421 e. The molecule has 0 amide bonds. The molecule has 2 aromatic rings. The number of hydrogen-bond donors (Lipinski definition) is 1. The predicted octanol–water partition coefficient (Wildman–Crippen LogP) is 6.33. The number of alkyl halides is 3. The lowest BCUT2D eigenvalue weighted by Crippen LogP contribution is -2.19. The lowest BCUT2D eigenvalue weighted by Gasteiger charge is -2.13. The Labute approximate surface area is 146 Å². The van der Waals surface area contributed by atoms with Gasteiger partial charge in [0.05, 0.1) is 30.8 Å². The van der Waals surface area contributed by atoms with Crippen LogP contribution in [0.25, 0.3) is 11.3 Å². The maximum absolute atomic E-state index is 12.6. The van der Waals surface area contributed by atoms with Crippen molar-refractivity contribution >= 4 is 58.0 Å². The summed E-state index contributed by atoms with van der Waals surface area (Å²) in [4.78, 5) is 13.9. The van der Waals surface area contributed by atoms with Crippen LogP contribution >= 0.6 is 58.0 Å². The fourth-order valence-corrected chi connectivity index (χ4v) is 3.02. The Morgan fingerprint density at radius 2 is 1.32 bits per heavy atom. The lowest BCUT2D eigenvalue weighted by molar-refractivity contribution is -0.138. The molecule has 0 unspecified atom stereocenters. The number of rotatable bonds is 1. The second kappa shape index (κ2) is 6.13. The zero-order valence-corrected chi connectivity index (χ0v) is 13.9. The van der Waals surface area contributed by atoms with Crippen molar-refractivity contribution in [1.29, 1.82) is 0 Å². The fourth-order valence-electron chi connectivity index (χ4n) is 1.68. The van der Waals surface area contributed by atoms with Crippen molar-refractivity contribution in [3.8, 4) is 11.3 Å². The average molecular weight is 411 g/mol. The number of benzene rings is 1. The molecule has 0 saturated heterocycles. The van der Waals surface area contributed by atoms with Crippen LogP contribution in [0.4, 0.5) is 13.2 Å². The third kappa shape index (κ3) is 3.05. The van der Waals surface area contributed by atoms with Gasteiger partial charge in [0.15, 0.2) is 5.43 Å². The molecule has 0 atom stereocenters. The normalized spacial score (nSPS) is 11.8. The fraction of sp³-hybridized carbons (Fsp3) is 0.0833. The summed E-state index contributed by atoms with van der Waals surface area (Å²) < 4.78 is 37.8. The second-order valence-electron chi connectivity index (χ2n) is 4.07. The number of aromatic nitrogens is 1. The number of hydrogen-bond acceptors (Lipinski definition) is 1. The van der Waals surface area contributed by atoms with Crippen LogP contribution in [-0.4, -0.2) is 4.98 Å². The first-order valence-corrected chi connectivity index (χ1v) is 7.26. The summed E-state index contributed by atoms with van der Waals surface area (Å²) >= 11 is 29.5. The molecule has 2 rings (SSSR count). The minimum Gasteiger partial charge on any atom is -0.360 e. The van der Waals surface area contributed by atoms with Crippen molar-refractivity contribution in [3.05, 3.63) is 53.2 Å². The Morgan fingerprint density at radius 3 is 1.73 bits per heavy atom. The van der Waals surface area contributed by atoms with Crippen molar-refractivity contribution in [2.24, 2.45) is 0 Å². The molecule has 0 spiro atoms. The Hall–Kier alpha value is -0.590. The van der Waals surface area contributed by atoms with Crippen molar-refractivity contribution < 1.29 is 13.2 Å². The number of pyridine rings is 1. The lowest BCUT2D eigenvalue weighted by atomic mass is 10.1. The van der Waals surface area contributed by atoms with Crippen LogP contribution in [0.5, 0.6) is 0 Å². The minimum absolute atomic E-state index is 0.0199. The highest BCUT2D eigenvalue weighted by Gasteiger charge is 2.34. The summed E-state index contributed by atoms with van der Waals surface area (Å²) in [6, 6.07) is 0.705. The molecule has 0 aliphatic rings. The molecule has 118 valence electrons. The van der Waals surface area contributed by atoms with E-state index in [9.17, 15) is 18.0 Å². The van der Waals surface area contributed by atoms with E-state index in [0.29, 0.717) is 12.3 Å². The maximum atomic E-state index is 12.6. The predicted molar refractivity (Wildman–Crippen MR) is 82.6 cm³/mol. The Kier molecular flexibility index (Phi) is 4.95. The molecule has 2 nitrogen and oxygen atoms in total. The van der Waals surface area contributed by atoms with E-state index in [4.69, 9.17) is 58.0 Å². The molecule has 1 aromatic heterocycles. The number of aromatic amines is 1. The molecule has 0 saturated carbocycles. The molecular weight excluding hydrogens is 408 g/mol. The van der Waals surface area contributed by atoms with Gasteiger partial charge in [-0.15, -0.1) is 0 Å². The molecule has 22 heavy (non-hydrogen) atoms. The van der Waals surface area contributed by atoms with Gasteiger partial charge < -0.3 is 4.98 Å². The van der Waals surface area contributed by atoms with Gasteiger partial charge in [0.1, 0.15) is 5.56 Å². The second-order valence-corrected chi connectivity index (χ2v) is 5.96. The molecule has 10 heteroatoms. The van der Waals surface area contributed by atoms with Gasteiger partial charge in [-0.1, -0.05) is 58.0 Å². The zero-order chi connectivity index (χ0) is 16.8. The monoisotopic (exact) mass is 409 g/mol. The van der Waals surface area contributed by atoms with E-state index in [2.05, 4.69) is 4.98 Å². The van der Waals surface area contributed by atoms with Gasteiger partial charge in [-0.2, -0.15) is 13.2 Å². The van der Waals surface area contributed by atoms with Gasteiger partial charge in [0.25, 0.3) is 0 Å². The molecule has 1 aromatic carbocycles. The van der Waals surface area contributed by atoms with E-state index >= 15 is 0 Å². The highest BCUT2D eigenvalue weighted by atomic mass is 35.5. The topological polar surface area (TPSA) is 32.9 Å². The van der Waals surface area contributed by atoms with Crippen LogP contribution in [0.15, 0.2) is 17.1 Å². The molecule has 0 aliphatic heterocycles. The quantitative estimate of drug-likeness (QED) is 0.432. The SMILES string of the molecule is O=c1cc(-c2c(Cl)c(Cl)c(Cl)c(Cl)c2Cl)[nH]cc1C(F)(F)F. The molecule has 1 heterocycles. The summed E-state index contributed by atoms with van der Waals surface area (Å²) in [5.41, 5.74) is -2.70. The van der Waals surface area contributed by atoms with E-state index in [1.54, 1.807) is 0 Å². The number of nitrogens with one attached hydrogen (secondary N) is 1. The molecular formula is C12H3Cl5F3NO. The van der Waals surface area contributed by atoms with E-state index < -0.39 is 17.2 Å². The van der Waals surface area contributed by atoms with Crippen LogP contribution in [0.3, 0.4) is 0 Å². The highest BCUT2D eigenvalue weighted by Crippen LogP contribution is 2.47. The van der Waals surface area contributed by atoms with Crippen LogP contribution in [0.1, 0.15) is 5.56 Å². The molecule has 0 radical (unpaired) electrons. The number of H-pyrrole nitrogens is 1. The average Bonchev–Trinajstić information content (AvgIpc) is 2.42. The Balaban J connectivity index is 2.74. The van der Waals surface area contributed by atoms with Crippen LogP contribution in [-0.2, 0) is 6.18 Å². The van der Waals surface area contributed by atoms with Gasteiger partial charge in [-0.25, -0.2) is 0 Å². The van der Waals surface area contributed by atoms with Gasteiger partial charge in [0.2, 0.25) is 0 Å². The van der Waals surface area contributed by atoms with Crippen molar-refractivity contribution in [2.45, 2.75) is 6.18 Å². The maximum Gasteiger partial charge on any atom is 0.421 e. The van der Waals surface area contributed by atoms with E-state index in [1.807, 2.05) is 0 Å². The smallest absolute Gasteiger partial charge is 0.360 e. The Bertz CT molecular complexity index is 787. The third-order valence-electron chi connectivity index (χ3n) is 2.70. The van der Waals surface area contributed by atoms with E-state index in [-0.39, 0.29) is 36.4 Å². The van der Waals surface area contributed by atoms with Gasteiger partial charge in [-0.3, -0.25) is 4.79 Å².